The smallest absolute Gasteiger partial charge is 0.339 e. The van der Waals surface area contributed by atoms with Gasteiger partial charge in [0.1, 0.15) is 19.0 Å². The Kier molecular flexibility index (Phi) is 5.33. The molecule has 0 saturated heterocycles. The molecule has 0 atom stereocenters. The summed E-state index contributed by atoms with van der Waals surface area (Å²) < 4.78 is 11.2. The lowest BCUT2D eigenvalue weighted by Gasteiger charge is -2.15. The molecule has 1 heterocycles. The van der Waals surface area contributed by atoms with Crippen molar-refractivity contribution in [1.29, 1.82) is 0 Å². The standard InChI is InChI=1S/C23H23NO3/c25-23(27-16-15-26-17-9-3-1-4-10-17)22-18-11-5-2-6-13-20(18)24-21-14-8-7-12-19(21)22/h1,3-4,7-10,12,14H,2,5-6,11,13,15-16H2. The molecule has 0 N–H and O–H groups in total. The summed E-state index contributed by atoms with van der Waals surface area (Å²) in [5, 5.41) is 0.882. The van der Waals surface area contributed by atoms with Gasteiger partial charge in [-0.15, -0.1) is 0 Å². The zero-order valence-corrected chi connectivity index (χ0v) is 15.3. The van der Waals surface area contributed by atoms with Crippen LogP contribution in [0.5, 0.6) is 5.75 Å². The van der Waals surface area contributed by atoms with Crippen molar-refractivity contribution in [2.45, 2.75) is 32.1 Å². The van der Waals surface area contributed by atoms with Crippen molar-refractivity contribution in [1.82, 2.24) is 4.98 Å². The number of hydrogen-bond acceptors (Lipinski definition) is 4. The van der Waals surface area contributed by atoms with E-state index in [0.29, 0.717) is 12.2 Å². The lowest BCUT2D eigenvalue weighted by Crippen LogP contribution is -2.16. The summed E-state index contributed by atoms with van der Waals surface area (Å²) in [6.07, 6.45) is 5.20. The van der Waals surface area contributed by atoms with Gasteiger partial charge in [-0.3, -0.25) is 4.98 Å². The molecule has 2 aromatic carbocycles. The molecule has 0 unspecified atom stereocenters. The maximum atomic E-state index is 12.9. The number of esters is 1. The second-order valence-electron chi connectivity index (χ2n) is 6.79. The van der Waals surface area contributed by atoms with Crippen LogP contribution in [0.15, 0.2) is 54.6 Å². The Morgan fingerprint density at radius 2 is 1.67 bits per heavy atom. The Morgan fingerprint density at radius 1 is 0.889 bits per heavy atom. The number of benzene rings is 2. The molecule has 4 rings (SSSR count). The molecule has 0 spiro atoms. The molecule has 3 aromatic rings. The number of ether oxygens (including phenoxy) is 2. The molecule has 27 heavy (non-hydrogen) atoms. The minimum atomic E-state index is -0.275. The highest BCUT2D eigenvalue weighted by molar-refractivity contribution is 6.05. The fourth-order valence-corrected chi connectivity index (χ4v) is 3.67. The molecule has 0 bridgehead atoms. The highest BCUT2D eigenvalue weighted by Crippen LogP contribution is 2.29. The molecule has 1 aliphatic carbocycles. The van der Waals surface area contributed by atoms with Gasteiger partial charge in [0.15, 0.2) is 0 Å². The van der Waals surface area contributed by atoms with Gasteiger partial charge in [0, 0.05) is 11.1 Å². The van der Waals surface area contributed by atoms with Crippen LogP contribution in [0.1, 0.15) is 40.9 Å². The lowest BCUT2D eigenvalue weighted by molar-refractivity contribution is 0.0451. The molecule has 1 aromatic heterocycles. The molecule has 0 fully saturated rings. The summed E-state index contributed by atoms with van der Waals surface area (Å²) in [5.41, 5.74) is 3.68. The number of aromatic nitrogens is 1. The van der Waals surface area contributed by atoms with Crippen LogP contribution < -0.4 is 4.74 Å². The first-order valence-electron chi connectivity index (χ1n) is 9.58. The predicted octanol–water partition coefficient (Wildman–Crippen LogP) is 4.74. The van der Waals surface area contributed by atoms with Crippen molar-refractivity contribution in [3.8, 4) is 5.75 Å². The maximum absolute atomic E-state index is 12.9. The van der Waals surface area contributed by atoms with Crippen LogP contribution in [0, 0.1) is 0 Å². The molecular weight excluding hydrogens is 338 g/mol. The SMILES string of the molecule is O=C(OCCOc1ccccc1)c1c2c(nc3ccccc13)CCCCC2. The Bertz CT molecular complexity index is 937. The van der Waals surface area contributed by atoms with Gasteiger partial charge >= 0.3 is 5.97 Å². The minimum Gasteiger partial charge on any atom is -0.490 e. The van der Waals surface area contributed by atoms with Gasteiger partial charge in [-0.05, 0) is 49.4 Å². The second kappa shape index (κ2) is 8.21. The number of para-hydroxylation sites is 2. The number of aryl methyl sites for hydroxylation is 1. The van der Waals surface area contributed by atoms with E-state index in [1.807, 2.05) is 54.6 Å². The average Bonchev–Trinajstić information content (AvgIpc) is 2.95. The van der Waals surface area contributed by atoms with E-state index in [9.17, 15) is 4.79 Å². The van der Waals surface area contributed by atoms with Crippen LogP contribution in [0.3, 0.4) is 0 Å². The summed E-state index contributed by atoms with van der Waals surface area (Å²) >= 11 is 0. The molecule has 0 saturated carbocycles. The van der Waals surface area contributed by atoms with Gasteiger partial charge in [-0.25, -0.2) is 4.79 Å². The second-order valence-corrected chi connectivity index (χ2v) is 6.79. The van der Waals surface area contributed by atoms with Crippen molar-refractivity contribution in [3.63, 3.8) is 0 Å². The zero-order valence-electron chi connectivity index (χ0n) is 15.3. The fourth-order valence-electron chi connectivity index (χ4n) is 3.67. The highest BCUT2D eigenvalue weighted by Gasteiger charge is 2.22. The molecule has 0 radical (unpaired) electrons. The first-order chi connectivity index (χ1) is 13.3. The first-order valence-corrected chi connectivity index (χ1v) is 9.58. The summed E-state index contributed by atoms with van der Waals surface area (Å²) in [6, 6.07) is 17.4. The molecule has 0 aliphatic heterocycles. The Balaban J connectivity index is 1.54. The monoisotopic (exact) mass is 361 g/mol. The van der Waals surface area contributed by atoms with E-state index in [4.69, 9.17) is 14.5 Å². The molecule has 138 valence electrons. The third-order valence-electron chi connectivity index (χ3n) is 4.95. The zero-order chi connectivity index (χ0) is 18.5. The number of hydrogen-bond donors (Lipinski definition) is 0. The Morgan fingerprint density at radius 3 is 2.56 bits per heavy atom. The van der Waals surface area contributed by atoms with E-state index in [1.54, 1.807) is 0 Å². The van der Waals surface area contributed by atoms with Crippen LogP contribution in [-0.2, 0) is 17.6 Å². The predicted molar refractivity (Wildman–Crippen MR) is 105 cm³/mol. The summed E-state index contributed by atoms with van der Waals surface area (Å²) in [7, 11) is 0. The number of carbonyl (C=O) groups excluding carboxylic acids is 1. The third-order valence-corrected chi connectivity index (χ3v) is 4.95. The van der Waals surface area contributed by atoms with Crippen LogP contribution in [0.2, 0.25) is 0 Å². The average molecular weight is 361 g/mol. The maximum Gasteiger partial charge on any atom is 0.339 e. The van der Waals surface area contributed by atoms with E-state index in [2.05, 4.69) is 0 Å². The van der Waals surface area contributed by atoms with Gasteiger partial charge in [-0.2, -0.15) is 0 Å². The van der Waals surface area contributed by atoms with E-state index < -0.39 is 0 Å². The summed E-state index contributed by atoms with van der Waals surface area (Å²) in [4.78, 5) is 17.8. The van der Waals surface area contributed by atoms with Crippen LogP contribution >= 0.6 is 0 Å². The van der Waals surface area contributed by atoms with Crippen molar-refractivity contribution in [2.24, 2.45) is 0 Å². The molecule has 4 nitrogen and oxygen atoms in total. The highest BCUT2D eigenvalue weighted by atomic mass is 16.6. The van der Waals surface area contributed by atoms with E-state index in [0.717, 1.165) is 53.6 Å². The van der Waals surface area contributed by atoms with Gasteiger partial charge in [0.05, 0.1) is 11.1 Å². The molecule has 4 heteroatoms. The Hall–Kier alpha value is -2.88. The topological polar surface area (TPSA) is 48.4 Å². The van der Waals surface area contributed by atoms with Gasteiger partial charge < -0.3 is 9.47 Å². The van der Waals surface area contributed by atoms with Crippen molar-refractivity contribution >= 4 is 16.9 Å². The fraction of sp³-hybridized carbons (Fsp3) is 0.304. The normalized spacial score (nSPS) is 13.6. The van der Waals surface area contributed by atoms with Crippen molar-refractivity contribution in [2.75, 3.05) is 13.2 Å². The minimum absolute atomic E-state index is 0.221. The molecular formula is C23H23NO3. The van der Waals surface area contributed by atoms with Gasteiger partial charge in [-0.1, -0.05) is 42.8 Å². The van der Waals surface area contributed by atoms with Crippen molar-refractivity contribution in [3.05, 3.63) is 71.4 Å². The van der Waals surface area contributed by atoms with Crippen LogP contribution in [-0.4, -0.2) is 24.2 Å². The number of pyridine rings is 1. The first kappa shape index (κ1) is 17.5. The summed E-state index contributed by atoms with van der Waals surface area (Å²) in [6.45, 7) is 0.556. The van der Waals surface area contributed by atoms with Crippen LogP contribution in [0.25, 0.3) is 10.9 Å². The third kappa shape index (κ3) is 3.95. The molecule has 1 aliphatic rings. The van der Waals surface area contributed by atoms with E-state index in [-0.39, 0.29) is 12.6 Å². The van der Waals surface area contributed by atoms with Gasteiger partial charge in [0.25, 0.3) is 0 Å². The van der Waals surface area contributed by atoms with E-state index in [1.165, 1.54) is 6.42 Å². The number of nitrogens with zero attached hydrogens (tertiary/aromatic N) is 1. The lowest BCUT2D eigenvalue weighted by atomic mass is 9.97. The largest absolute Gasteiger partial charge is 0.490 e. The Labute approximate surface area is 159 Å². The number of fused-ring (bicyclic) bond motifs is 2. The molecule has 0 amide bonds. The van der Waals surface area contributed by atoms with E-state index >= 15 is 0 Å². The van der Waals surface area contributed by atoms with Crippen molar-refractivity contribution < 1.29 is 14.3 Å². The number of rotatable bonds is 5. The summed E-state index contributed by atoms with van der Waals surface area (Å²) in [5.74, 6) is 0.500. The van der Waals surface area contributed by atoms with Crippen LogP contribution in [0.4, 0.5) is 0 Å². The van der Waals surface area contributed by atoms with Gasteiger partial charge in [0.2, 0.25) is 0 Å². The quantitative estimate of drug-likeness (QED) is 0.374. The number of carbonyl (C=O) groups is 1.